The SMILES string of the molecule is CCOc1ccc(-c2nnc(N)s2)c(OCC)c1. The lowest BCUT2D eigenvalue weighted by atomic mass is 10.2. The third-order valence-electron chi connectivity index (χ3n) is 2.23. The molecule has 0 unspecified atom stereocenters. The summed E-state index contributed by atoms with van der Waals surface area (Å²) in [5.74, 6) is 1.52. The van der Waals surface area contributed by atoms with Gasteiger partial charge in [0.05, 0.1) is 18.8 Å². The summed E-state index contributed by atoms with van der Waals surface area (Å²) in [6.07, 6.45) is 0. The molecule has 0 saturated carbocycles. The number of rotatable bonds is 5. The van der Waals surface area contributed by atoms with Crippen LogP contribution in [0.15, 0.2) is 18.2 Å². The van der Waals surface area contributed by atoms with Gasteiger partial charge in [0.2, 0.25) is 5.13 Å². The van der Waals surface area contributed by atoms with E-state index < -0.39 is 0 Å². The summed E-state index contributed by atoms with van der Waals surface area (Å²) in [4.78, 5) is 0. The molecule has 0 radical (unpaired) electrons. The van der Waals surface area contributed by atoms with Gasteiger partial charge in [0, 0.05) is 6.07 Å². The molecule has 0 aliphatic heterocycles. The molecule has 96 valence electrons. The van der Waals surface area contributed by atoms with Gasteiger partial charge in [0.25, 0.3) is 0 Å². The fourth-order valence-electron chi connectivity index (χ4n) is 1.55. The van der Waals surface area contributed by atoms with Crippen molar-refractivity contribution < 1.29 is 9.47 Å². The van der Waals surface area contributed by atoms with E-state index in [0.717, 1.165) is 22.1 Å². The lowest BCUT2D eigenvalue weighted by Gasteiger charge is -2.10. The van der Waals surface area contributed by atoms with E-state index >= 15 is 0 Å². The summed E-state index contributed by atoms with van der Waals surface area (Å²) in [5.41, 5.74) is 6.48. The van der Waals surface area contributed by atoms with Crippen molar-refractivity contribution >= 4 is 16.5 Å². The molecule has 6 heteroatoms. The van der Waals surface area contributed by atoms with Gasteiger partial charge in [-0.15, -0.1) is 10.2 Å². The van der Waals surface area contributed by atoms with Crippen LogP contribution < -0.4 is 15.2 Å². The van der Waals surface area contributed by atoms with Gasteiger partial charge in [-0.05, 0) is 26.0 Å². The van der Waals surface area contributed by atoms with Crippen LogP contribution in [0.5, 0.6) is 11.5 Å². The lowest BCUT2D eigenvalue weighted by molar-refractivity contribution is 0.324. The van der Waals surface area contributed by atoms with E-state index in [0.29, 0.717) is 18.3 Å². The van der Waals surface area contributed by atoms with Crippen molar-refractivity contribution in [1.82, 2.24) is 10.2 Å². The molecule has 1 aromatic heterocycles. The number of nitrogens with zero attached hydrogens (tertiary/aromatic N) is 2. The van der Waals surface area contributed by atoms with Crippen LogP contribution in [0.2, 0.25) is 0 Å². The van der Waals surface area contributed by atoms with Crippen molar-refractivity contribution in [2.75, 3.05) is 18.9 Å². The van der Waals surface area contributed by atoms with Gasteiger partial charge < -0.3 is 15.2 Å². The van der Waals surface area contributed by atoms with Crippen LogP contribution in [-0.4, -0.2) is 23.4 Å². The van der Waals surface area contributed by atoms with E-state index in [-0.39, 0.29) is 0 Å². The molecule has 0 bridgehead atoms. The van der Waals surface area contributed by atoms with Crippen LogP contribution in [0.1, 0.15) is 13.8 Å². The molecule has 0 fully saturated rings. The third-order valence-corrected chi connectivity index (χ3v) is 3.02. The molecule has 1 heterocycles. The molecule has 0 saturated heterocycles. The average Bonchev–Trinajstić information content (AvgIpc) is 2.77. The van der Waals surface area contributed by atoms with E-state index in [1.165, 1.54) is 11.3 Å². The standard InChI is InChI=1S/C12H15N3O2S/c1-3-16-8-5-6-9(10(7-8)17-4-2)11-14-15-12(13)18-11/h5-7H,3-4H2,1-2H3,(H2,13,15). The molecule has 5 nitrogen and oxygen atoms in total. The van der Waals surface area contributed by atoms with Gasteiger partial charge in [-0.3, -0.25) is 0 Å². The van der Waals surface area contributed by atoms with E-state index in [4.69, 9.17) is 15.2 Å². The molecule has 18 heavy (non-hydrogen) atoms. The first kappa shape index (κ1) is 12.6. The zero-order chi connectivity index (χ0) is 13.0. The zero-order valence-electron chi connectivity index (χ0n) is 10.3. The van der Waals surface area contributed by atoms with Crippen molar-refractivity contribution in [3.05, 3.63) is 18.2 Å². The fraction of sp³-hybridized carbons (Fsp3) is 0.333. The topological polar surface area (TPSA) is 70.3 Å². The van der Waals surface area contributed by atoms with Gasteiger partial charge >= 0.3 is 0 Å². The third kappa shape index (κ3) is 2.70. The first-order valence-electron chi connectivity index (χ1n) is 5.73. The van der Waals surface area contributed by atoms with Crippen molar-refractivity contribution in [3.63, 3.8) is 0 Å². The Kier molecular flexibility index (Phi) is 3.99. The Balaban J connectivity index is 2.39. The van der Waals surface area contributed by atoms with Crippen LogP contribution in [-0.2, 0) is 0 Å². The molecule has 2 rings (SSSR count). The minimum Gasteiger partial charge on any atom is -0.494 e. The molecular weight excluding hydrogens is 250 g/mol. The predicted octanol–water partition coefficient (Wildman–Crippen LogP) is 2.58. The quantitative estimate of drug-likeness (QED) is 0.899. The fourth-order valence-corrected chi connectivity index (χ4v) is 2.19. The summed E-state index contributed by atoms with van der Waals surface area (Å²) in [6, 6.07) is 5.66. The first-order chi connectivity index (χ1) is 8.74. The number of nitrogens with two attached hydrogens (primary N) is 1. The Labute approximate surface area is 110 Å². The van der Waals surface area contributed by atoms with Gasteiger partial charge in [0.15, 0.2) is 5.01 Å². The maximum Gasteiger partial charge on any atom is 0.203 e. The highest BCUT2D eigenvalue weighted by molar-refractivity contribution is 7.18. The van der Waals surface area contributed by atoms with Crippen LogP contribution in [0, 0.1) is 0 Å². The highest BCUT2D eigenvalue weighted by atomic mass is 32.1. The molecule has 2 N–H and O–H groups in total. The number of nitrogen functional groups attached to an aromatic ring is 1. The summed E-state index contributed by atoms with van der Waals surface area (Å²) in [6.45, 7) is 5.08. The van der Waals surface area contributed by atoms with E-state index in [1.54, 1.807) is 0 Å². The monoisotopic (exact) mass is 265 g/mol. The lowest BCUT2D eigenvalue weighted by Crippen LogP contribution is -1.96. The smallest absolute Gasteiger partial charge is 0.203 e. The molecule has 2 aromatic rings. The number of ether oxygens (including phenoxy) is 2. The number of anilines is 1. The Morgan fingerprint density at radius 3 is 2.56 bits per heavy atom. The minimum atomic E-state index is 0.446. The van der Waals surface area contributed by atoms with Crippen molar-refractivity contribution in [3.8, 4) is 22.1 Å². The Morgan fingerprint density at radius 1 is 1.17 bits per heavy atom. The molecule has 0 aliphatic rings. The second kappa shape index (κ2) is 5.68. The van der Waals surface area contributed by atoms with E-state index in [2.05, 4.69) is 10.2 Å². The second-order valence-electron chi connectivity index (χ2n) is 3.47. The molecule has 0 amide bonds. The largest absolute Gasteiger partial charge is 0.494 e. The van der Waals surface area contributed by atoms with Gasteiger partial charge in [-0.25, -0.2) is 0 Å². The average molecular weight is 265 g/mol. The number of benzene rings is 1. The zero-order valence-corrected chi connectivity index (χ0v) is 11.2. The summed E-state index contributed by atoms with van der Waals surface area (Å²) in [5, 5.41) is 9.03. The summed E-state index contributed by atoms with van der Waals surface area (Å²) < 4.78 is 11.1. The van der Waals surface area contributed by atoms with Crippen LogP contribution in [0.4, 0.5) is 5.13 Å². The highest BCUT2D eigenvalue weighted by Gasteiger charge is 2.12. The molecule has 0 spiro atoms. The Morgan fingerprint density at radius 2 is 1.94 bits per heavy atom. The maximum atomic E-state index is 5.61. The highest BCUT2D eigenvalue weighted by Crippen LogP contribution is 2.35. The molecule has 1 aromatic carbocycles. The number of aromatic nitrogens is 2. The van der Waals surface area contributed by atoms with Crippen LogP contribution in [0.3, 0.4) is 0 Å². The summed E-state index contributed by atoms with van der Waals surface area (Å²) in [7, 11) is 0. The van der Waals surface area contributed by atoms with E-state index in [1.807, 2.05) is 32.0 Å². The Bertz CT molecular complexity index is 528. The van der Waals surface area contributed by atoms with Crippen molar-refractivity contribution in [1.29, 1.82) is 0 Å². The van der Waals surface area contributed by atoms with Crippen molar-refractivity contribution in [2.45, 2.75) is 13.8 Å². The molecule has 0 aliphatic carbocycles. The second-order valence-corrected chi connectivity index (χ2v) is 4.48. The molecule has 0 atom stereocenters. The molecular formula is C12H15N3O2S. The van der Waals surface area contributed by atoms with Gasteiger partial charge in [0.1, 0.15) is 11.5 Å². The first-order valence-corrected chi connectivity index (χ1v) is 6.55. The maximum absolute atomic E-state index is 5.61. The van der Waals surface area contributed by atoms with Crippen LogP contribution in [0.25, 0.3) is 10.6 Å². The van der Waals surface area contributed by atoms with Gasteiger partial charge in [-0.2, -0.15) is 0 Å². The number of hydrogen-bond acceptors (Lipinski definition) is 6. The van der Waals surface area contributed by atoms with Gasteiger partial charge in [-0.1, -0.05) is 11.3 Å². The van der Waals surface area contributed by atoms with Crippen LogP contribution >= 0.6 is 11.3 Å². The van der Waals surface area contributed by atoms with Crippen molar-refractivity contribution in [2.24, 2.45) is 0 Å². The number of hydrogen-bond donors (Lipinski definition) is 1. The Hall–Kier alpha value is -1.82. The minimum absolute atomic E-state index is 0.446. The normalized spacial score (nSPS) is 10.3. The van der Waals surface area contributed by atoms with E-state index in [9.17, 15) is 0 Å². The summed E-state index contributed by atoms with van der Waals surface area (Å²) >= 11 is 1.33. The predicted molar refractivity (Wildman–Crippen MR) is 72.1 cm³/mol.